The molecule has 0 atom stereocenters. The second-order valence-electron chi connectivity index (χ2n) is 3.35. The van der Waals surface area contributed by atoms with E-state index in [1.165, 1.54) is 0 Å². The highest BCUT2D eigenvalue weighted by molar-refractivity contribution is 7.80. The first-order chi connectivity index (χ1) is 7.65. The van der Waals surface area contributed by atoms with Crippen molar-refractivity contribution in [3.63, 3.8) is 0 Å². The summed E-state index contributed by atoms with van der Waals surface area (Å²) in [6.45, 7) is 0.676. The number of hydrogen-bond acceptors (Lipinski definition) is 3. The Morgan fingerprint density at radius 3 is 2.88 bits per heavy atom. The van der Waals surface area contributed by atoms with Gasteiger partial charge >= 0.3 is 0 Å². The molecule has 0 bridgehead atoms. The van der Waals surface area contributed by atoms with Crippen molar-refractivity contribution in [3.05, 3.63) is 28.8 Å². The molecule has 0 unspecified atom stereocenters. The van der Waals surface area contributed by atoms with Crippen LogP contribution in [-0.2, 0) is 0 Å². The van der Waals surface area contributed by atoms with Gasteiger partial charge in [-0.3, -0.25) is 4.79 Å². The molecule has 5 heteroatoms. The summed E-state index contributed by atoms with van der Waals surface area (Å²) in [6.07, 6.45) is 1.43. The van der Waals surface area contributed by atoms with Gasteiger partial charge in [0, 0.05) is 18.0 Å². The zero-order valence-corrected chi connectivity index (χ0v) is 10.4. The SMILES string of the molecule is O=C(NCCCCO)c1cc(S)ccc1Cl. The van der Waals surface area contributed by atoms with E-state index in [1.54, 1.807) is 18.2 Å². The average molecular weight is 260 g/mol. The van der Waals surface area contributed by atoms with E-state index in [0.29, 0.717) is 28.4 Å². The van der Waals surface area contributed by atoms with E-state index in [9.17, 15) is 4.79 Å². The molecule has 1 amide bonds. The highest BCUT2D eigenvalue weighted by Crippen LogP contribution is 2.19. The maximum absolute atomic E-state index is 11.7. The van der Waals surface area contributed by atoms with E-state index in [1.807, 2.05) is 0 Å². The number of carbonyl (C=O) groups is 1. The van der Waals surface area contributed by atoms with Crippen LogP contribution in [0.5, 0.6) is 0 Å². The van der Waals surface area contributed by atoms with Crippen molar-refractivity contribution in [2.45, 2.75) is 17.7 Å². The lowest BCUT2D eigenvalue weighted by molar-refractivity contribution is 0.0952. The Hall–Kier alpha value is -0.710. The lowest BCUT2D eigenvalue weighted by Gasteiger charge is -2.06. The Balaban J connectivity index is 2.55. The standard InChI is InChI=1S/C11H14ClNO2S/c12-10-4-3-8(16)7-9(10)11(15)13-5-1-2-6-14/h3-4,7,14,16H,1-2,5-6H2,(H,13,15). The predicted molar refractivity (Wildman–Crippen MR) is 67.4 cm³/mol. The van der Waals surface area contributed by atoms with Crippen LogP contribution in [0.15, 0.2) is 23.1 Å². The Labute approximate surface area is 105 Å². The van der Waals surface area contributed by atoms with E-state index in [2.05, 4.69) is 17.9 Å². The normalized spacial score (nSPS) is 10.2. The van der Waals surface area contributed by atoms with Crippen molar-refractivity contribution < 1.29 is 9.90 Å². The molecule has 0 saturated heterocycles. The molecule has 2 N–H and O–H groups in total. The van der Waals surface area contributed by atoms with E-state index in [0.717, 1.165) is 6.42 Å². The highest BCUT2D eigenvalue weighted by atomic mass is 35.5. The molecule has 0 aliphatic heterocycles. The topological polar surface area (TPSA) is 49.3 Å². The van der Waals surface area contributed by atoms with Gasteiger partial charge in [-0.2, -0.15) is 0 Å². The van der Waals surface area contributed by atoms with Crippen LogP contribution in [0.1, 0.15) is 23.2 Å². The molecule has 0 spiro atoms. The smallest absolute Gasteiger partial charge is 0.252 e. The Morgan fingerprint density at radius 2 is 2.19 bits per heavy atom. The molecule has 0 aromatic heterocycles. The van der Waals surface area contributed by atoms with Gasteiger partial charge in [0.15, 0.2) is 0 Å². The molecule has 16 heavy (non-hydrogen) atoms. The Morgan fingerprint density at radius 1 is 1.44 bits per heavy atom. The first kappa shape index (κ1) is 13.4. The summed E-state index contributed by atoms with van der Waals surface area (Å²) >= 11 is 10.0. The van der Waals surface area contributed by atoms with Gasteiger partial charge in [-0.05, 0) is 31.0 Å². The molecule has 88 valence electrons. The Bertz CT molecular complexity index is 371. The number of hydrogen-bond donors (Lipinski definition) is 3. The number of amides is 1. The molecule has 1 aromatic carbocycles. The summed E-state index contributed by atoms with van der Waals surface area (Å²) in [5, 5.41) is 11.7. The summed E-state index contributed by atoms with van der Waals surface area (Å²) < 4.78 is 0. The monoisotopic (exact) mass is 259 g/mol. The number of nitrogens with one attached hydrogen (secondary N) is 1. The lowest BCUT2D eigenvalue weighted by Crippen LogP contribution is -2.24. The molecule has 0 aliphatic rings. The fourth-order valence-electron chi connectivity index (χ4n) is 1.22. The van der Waals surface area contributed by atoms with Gasteiger partial charge in [-0.1, -0.05) is 11.6 Å². The molecule has 0 aliphatic carbocycles. The minimum absolute atomic E-state index is 0.142. The van der Waals surface area contributed by atoms with Gasteiger partial charge in [-0.25, -0.2) is 0 Å². The number of aliphatic hydroxyl groups is 1. The van der Waals surface area contributed by atoms with Gasteiger partial charge in [0.2, 0.25) is 0 Å². The summed E-state index contributed by atoms with van der Waals surface area (Å²) in [5.74, 6) is -0.209. The van der Waals surface area contributed by atoms with Gasteiger partial charge in [0.1, 0.15) is 0 Å². The third-order valence-electron chi connectivity index (χ3n) is 2.07. The van der Waals surface area contributed by atoms with Gasteiger partial charge in [0.05, 0.1) is 10.6 Å². The maximum atomic E-state index is 11.7. The third kappa shape index (κ3) is 4.04. The second-order valence-corrected chi connectivity index (χ2v) is 4.27. The highest BCUT2D eigenvalue weighted by Gasteiger charge is 2.09. The van der Waals surface area contributed by atoms with Crippen LogP contribution in [0.2, 0.25) is 5.02 Å². The van der Waals surface area contributed by atoms with Crippen molar-refractivity contribution in [2.75, 3.05) is 13.2 Å². The van der Waals surface area contributed by atoms with E-state index < -0.39 is 0 Å². The lowest BCUT2D eigenvalue weighted by atomic mass is 10.2. The number of aliphatic hydroxyl groups excluding tert-OH is 1. The van der Waals surface area contributed by atoms with E-state index in [4.69, 9.17) is 16.7 Å². The zero-order chi connectivity index (χ0) is 12.0. The number of rotatable bonds is 5. The largest absolute Gasteiger partial charge is 0.396 e. The fraction of sp³-hybridized carbons (Fsp3) is 0.364. The van der Waals surface area contributed by atoms with E-state index in [-0.39, 0.29) is 12.5 Å². The second kappa shape index (κ2) is 6.78. The minimum Gasteiger partial charge on any atom is -0.396 e. The molecule has 0 fully saturated rings. The maximum Gasteiger partial charge on any atom is 0.252 e. The van der Waals surface area contributed by atoms with Crippen LogP contribution in [-0.4, -0.2) is 24.2 Å². The fourth-order valence-corrected chi connectivity index (χ4v) is 1.63. The first-order valence-electron chi connectivity index (χ1n) is 5.02. The molecule has 0 radical (unpaired) electrons. The van der Waals surface area contributed by atoms with Gasteiger partial charge < -0.3 is 10.4 Å². The predicted octanol–water partition coefficient (Wildman–Crippen LogP) is 2.13. The van der Waals surface area contributed by atoms with Crippen LogP contribution < -0.4 is 5.32 Å². The van der Waals surface area contributed by atoms with Crippen molar-refractivity contribution in [1.82, 2.24) is 5.32 Å². The number of halogens is 1. The van der Waals surface area contributed by atoms with Gasteiger partial charge in [-0.15, -0.1) is 12.6 Å². The van der Waals surface area contributed by atoms with Crippen molar-refractivity contribution in [1.29, 1.82) is 0 Å². The number of benzene rings is 1. The number of thiol groups is 1. The molecule has 1 rings (SSSR count). The molecule has 0 saturated carbocycles. The summed E-state index contributed by atoms with van der Waals surface area (Å²) in [6, 6.07) is 5.01. The number of carbonyl (C=O) groups excluding carboxylic acids is 1. The van der Waals surface area contributed by atoms with Crippen molar-refractivity contribution in [2.24, 2.45) is 0 Å². The van der Waals surface area contributed by atoms with Crippen molar-refractivity contribution >= 4 is 30.1 Å². The average Bonchev–Trinajstić information content (AvgIpc) is 2.27. The summed E-state index contributed by atoms with van der Waals surface area (Å²) in [5.41, 5.74) is 0.429. The molecule has 3 nitrogen and oxygen atoms in total. The van der Waals surface area contributed by atoms with Crippen LogP contribution >= 0.6 is 24.2 Å². The number of unbranched alkanes of at least 4 members (excludes halogenated alkanes) is 1. The minimum atomic E-state index is -0.209. The molecule has 0 heterocycles. The van der Waals surface area contributed by atoms with Gasteiger partial charge in [0.25, 0.3) is 5.91 Å². The first-order valence-corrected chi connectivity index (χ1v) is 5.85. The quantitative estimate of drug-likeness (QED) is 0.561. The van der Waals surface area contributed by atoms with Crippen LogP contribution in [0, 0.1) is 0 Å². The van der Waals surface area contributed by atoms with Crippen LogP contribution in [0.25, 0.3) is 0 Å². The van der Waals surface area contributed by atoms with E-state index >= 15 is 0 Å². The molecular formula is C11H14ClNO2S. The molecular weight excluding hydrogens is 246 g/mol. The summed E-state index contributed by atoms with van der Waals surface area (Å²) in [4.78, 5) is 12.4. The Kier molecular flexibility index (Phi) is 5.66. The molecule has 1 aromatic rings. The third-order valence-corrected chi connectivity index (χ3v) is 2.67. The summed E-state index contributed by atoms with van der Waals surface area (Å²) in [7, 11) is 0. The zero-order valence-electron chi connectivity index (χ0n) is 8.74. The van der Waals surface area contributed by atoms with Crippen molar-refractivity contribution in [3.8, 4) is 0 Å². The van der Waals surface area contributed by atoms with Crippen LogP contribution in [0.3, 0.4) is 0 Å². The van der Waals surface area contributed by atoms with Crippen LogP contribution in [0.4, 0.5) is 0 Å².